The Morgan fingerprint density at radius 3 is 2.17 bits per heavy atom. The van der Waals surface area contributed by atoms with E-state index in [1.165, 1.54) is 19.1 Å². The molecule has 2 saturated heterocycles. The van der Waals surface area contributed by atoms with Gasteiger partial charge in [-0.25, -0.2) is 9.96 Å². The number of nitrogens with zero attached hydrogens (tertiary/aromatic N) is 2. The van der Waals surface area contributed by atoms with E-state index in [4.69, 9.17) is 19.0 Å². The summed E-state index contributed by atoms with van der Waals surface area (Å²) in [5.74, 6) is -0.206. The molecule has 2 amide bonds. The second-order valence-corrected chi connectivity index (χ2v) is 8.88. The molecule has 3 aromatic rings. The van der Waals surface area contributed by atoms with Gasteiger partial charge in [0.1, 0.15) is 12.0 Å². The lowest BCUT2D eigenvalue weighted by molar-refractivity contribution is -0.126. The molecule has 2 heterocycles. The third-order valence-corrected chi connectivity index (χ3v) is 6.77. The number of hydroxylamine groups is 1. The standard InChI is InChI=1S/C28H28N2O6/c1-16-11-13-20(17(2)15-16)29-27(31)22-23(19-12-14-21(33-3)25(35-5)24(19)34-4)30(36-26(22)28(29)32)18-9-7-6-8-10-18/h6-15,22-23,26H,1-5H3/t22-,23+,26+/m1/s1. The molecule has 0 unspecified atom stereocenters. The first-order valence-electron chi connectivity index (χ1n) is 11.7. The van der Waals surface area contributed by atoms with Gasteiger partial charge in [-0.2, -0.15) is 0 Å². The van der Waals surface area contributed by atoms with E-state index in [0.29, 0.717) is 34.2 Å². The lowest BCUT2D eigenvalue weighted by Crippen LogP contribution is -2.37. The predicted molar refractivity (Wildman–Crippen MR) is 135 cm³/mol. The van der Waals surface area contributed by atoms with Crippen molar-refractivity contribution in [1.82, 2.24) is 0 Å². The highest BCUT2D eigenvalue weighted by molar-refractivity contribution is 6.24. The molecular weight excluding hydrogens is 460 g/mol. The number of amides is 2. The van der Waals surface area contributed by atoms with Crippen molar-refractivity contribution in [2.45, 2.75) is 26.0 Å². The normalized spacial score (nSPS) is 21.1. The molecule has 8 heteroatoms. The van der Waals surface area contributed by atoms with Gasteiger partial charge in [0, 0.05) is 5.56 Å². The molecule has 0 aromatic heterocycles. The molecular formula is C28H28N2O6. The van der Waals surface area contributed by atoms with Gasteiger partial charge in [0.05, 0.1) is 32.7 Å². The molecule has 8 nitrogen and oxygen atoms in total. The number of hydrogen-bond acceptors (Lipinski definition) is 7. The Bertz CT molecular complexity index is 1330. The minimum absolute atomic E-state index is 0.322. The van der Waals surface area contributed by atoms with Gasteiger partial charge in [-0.15, -0.1) is 0 Å². The number of carbonyl (C=O) groups excluding carboxylic acids is 2. The average Bonchev–Trinajstić information content (AvgIpc) is 3.39. The number of rotatable bonds is 6. The fraction of sp³-hybridized carbons (Fsp3) is 0.286. The average molecular weight is 489 g/mol. The molecule has 2 aliphatic rings. The number of imide groups is 1. The highest BCUT2D eigenvalue weighted by Crippen LogP contribution is 2.52. The van der Waals surface area contributed by atoms with Crippen LogP contribution in [-0.2, 0) is 14.4 Å². The number of anilines is 2. The van der Waals surface area contributed by atoms with Crippen LogP contribution < -0.4 is 24.2 Å². The van der Waals surface area contributed by atoms with Gasteiger partial charge in [-0.3, -0.25) is 14.4 Å². The highest BCUT2D eigenvalue weighted by atomic mass is 16.7. The van der Waals surface area contributed by atoms with Gasteiger partial charge in [-0.05, 0) is 49.7 Å². The Morgan fingerprint density at radius 2 is 1.53 bits per heavy atom. The number of hydrogen-bond donors (Lipinski definition) is 0. The molecule has 0 saturated carbocycles. The molecule has 0 spiro atoms. The van der Waals surface area contributed by atoms with Crippen LogP contribution in [0.3, 0.4) is 0 Å². The Morgan fingerprint density at radius 1 is 0.806 bits per heavy atom. The molecule has 3 aromatic carbocycles. The predicted octanol–water partition coefficient (Wildman–Crippen LogP) is 4.38. The first-order valence-corrected chi connectivity index (χ1v) is 11.7. The summed E-state index contributed by atoms with van der Waals surface area (Å²) in [7, 11) is 4.60. The maximum Gasteiger partial charge on any atom is 0.266 e. The van der Waals surface area contributed by atoms with E-state index in [-0.39, 0.29) is 11.8 Å². The zero-order valence-corrected chi connectivity index (χ0v) is 20.8. The van der Waals surface area contributed by atoms with E-state index in [9.17, 15) is 9.59 Å². The Hall–Kier alpha value is -4.04. The molecule has 0 N–H and O–H groups in total. The maximum absolute atomic E-state index is 14.0. The van der Waals surface area contributed by atoms with Crippen LogP contribution in [0.5, 0.6) is 17.2 Å². The monoisotopic (exact) mass is 488 g/mol. The van der Waals surface area contributed by atoms with Crippen molar-refractivity contribution in [3.05, 3.63) is 77.4 Å². The van der Waals surface area contributed by atoms with Gasteiger partial charge in [0.15, 0.2) is 17.6 Å². The number of para-hydroxylation sites is 1. The molecule has 0 radical (unpaired) electrons. The summed E-state index contributed by atoms with van der Waals surface area (Å²) in [6.07, 6.45) is -0.985. The number of benzene rings is 3. The lowest BCUT2D eigenvalue weighted by Gasteiger charge is -2.30. The number of methoxy groups -OCH3 is 3. The quantitative estimate of drug-likeness (QED) is 0.477. The van der Waals surface area contributed by atoms with Gasteiger partial charge >= 0.3 is 0 Å². The van der Waals surface area contributed by atoms with Crippen LogP contribution >= 0.6 is 0 Å². The molecule has 3 atom stereocenters. The summed E-state index contributed by atoms with van der Waals surface area (Å²) in [6, 6.07) is 18.0. The summed E-state index contributed by atoms with van der Waals surface area (Å²) in [5, 5.41) is 1.63. The van der Waals surface area contributed by atoms with Crippen molar-refractivity contribution in [3.8, 4) is 17.2 Å². The number of carbonyl (C=O) groups is 2. The van der Waals surface area contributed by atoms with Crippen LogP contribution in [0, 0.1) is 19.8 Å². The van der Waals surface area contributed by atoms with Gasteiger partial charge in [0.2, 0.25) is 11.7 Å². The van der Waals surface area contributed by atoms with Crippen LogP contribution in [0.2, 0.25) is 0 Å². The molecule has 0 bridgehead atoms. The molecule has 0 aliphatic carbocycles. The van der Waals surface area contributed by atoms with Crippen molar-refractivity contribution >= 4 is 23.2 Å². The largest absolute Gasteiger partial charge is 0.493 e. The van der Waals surface area contributed by atoms with Crippen molar-refractivity contribution < 1.29 is 28.6 Å². The van der Waals surface area contributed by atoms with Crippen LogP contribution in [0.15, 0.2) is 60.7 Å². The highest BCUT2D eigenvalue weighted by Gasteiger charge is 2.61. The lowest BCUT2D eigenvalue weighted by atomic mass is 9.89. The van der Waals surface area contributed by atoms with E-state index >= 15 is 0 Å². The smallest absolute Gasteiger partial charge is 0.266 e. The molecule has 2 fully saturated rings. The second kappa shape index (κ2) is 9.20. The summed E-state index contributed by atoms with van der Waals surface area (Å²) >= 11 is 0. The zero-order valence-electron chi connectivity index (χ0n) is 20.8. The van der Waals surface area contributed by atoms with Crippen molar-refractivity contribution in [1.29, 1.82) is 0 Å². The zero-order chi connectivity index (χ0) is 25.6. The number of fused-ring (bicyclic) bond motifs is 1. The molecule has 5 rings (SSSR count). The SMILES string of the molecule is COc1ccc([C@H]2[C@H]3C(=O)N(c4ccc(C)cc4C)C(=O)[C@H]3ON2c2ccccc2)c(OC)c1OC. The minimum Gasteiger partial charge on any atom is -0.493 e. The van der Waals surface area contributed by atoms with E-state index < -0.39 is 18.1 Å². The summed E-state index contributed by atoms with van der Waals surface area (Å²) < 4.78 is 16.8. The van der Waals surface area contributed by atoms with E-state index in [2.05, 4.69) is 0 Å². The third-order valence-electron chi connectivity index (χ3n) is 6.77. The van der Waals surface area contributed by atoms with Crippen LogP contribution in [0.25, 0.3) is 0 Å². The summed E-state index contributed by atoms with van der Waals surface area (Å²) in [6.45, 7) is 3.86. The first kappa shape index (κ1) is 23.7. The van der Waals surface area contributed by atoms with E-state index in [1.807, 2.05) is 68.4 Å². The van der Waals surface area contributed by atoms with Crippen LogP contribution in [-0.4, -0.2) is 39.2 Å². The van der Waals surface area contributed by atoms with E-state index in [0.717, 1.165) is 11.1 Å². The van der Waals surface area contributed by atoms with Crippen LogP contribution in [0.4, 0.5) is 11.4 Å². The Balaban J connectivity index is 1.67. The number of ether oxygens (including phenoxy) is 3. The molecule has 186 valence electrons. The Labute approximate surface area is 209 Å². The van der Waals surface area contributed by atoms with Crippen molar-refractivity contribution in [2.24, 2.45) is 5.92 Å². The second-order valence-electron chi connectivity index (χ2n) is 8.88. The van der Waals surface area contributed by atoms with Crippen molar-refractivity contribution in [3.63, 3.8) is 0 Å². The van der Waals surface area contributed by atoms with E-state index in [1.54, 1.807) is 18.2 Å². The van der Waals surface area contributed by atoms with Crippen LogP contribution in [0.1, 0.15) is 22.7 Å². The first-order chi connectivity index (χ1) is 17.4. The third kappa shape index (κ3) is 3.56. The topological polar surface area (TPSA) is 77.5 Å². The summed E-state index contributed by atoms with van der Waals surface area (Å²) in [4.78, 5) is 35.1. The van der Waals surface area contributed by atoms with Crippen molar-refractivity contribution in [2.75, 3.05) is 31.3 Å². The fourth-order valence-corrected chi connectivity index (χ4v) is 5.18. The molecule has 36 heavy (non-hydrogen) atoms. The summed E-state index contributed by atoms with van der Waals surface area (Å²) in [5.41, 5.74) is 3.83. The van der Waals surface area contributed by atoms with Gasteiger partial charge in [-0.1, -0.05) is 35.9 Å². The number of aryl methyl sites for hydroxylation is 2. The minimum atomic E-state index is -0.985. The fourth-order valence-electron chi connectivity index (χ4n) is 5.18. The molecule has 2 aliphatic heterocycles. The van der Waals surface area contributed by atoms with Gasteiger partial charge in [0.25, 0.3) is 5.91 Å². The van der Waals surface area contributed by atoms with Gasteiger partial charge < -0.3 is 14.2 Å². The maximum atomic E-state index is 14.0. The Kier molecular flexibility index (Phi) is 6.05.